The molecule has 0 saturated carbocycles. The molecule has 1 N–H and O–H groups in total. The topological polar surface area (TPSA) is 55.2 Å². The first-order chi connectivity index (χ1) is 8.28. The molecule has 4 nitrogen and oxygen atoms in total. The van der Waals surface area contributed by atoms with Gasteiger partial charge in [-0.15, -0.1) is 0 Å². The average Bonchev–Trinajstić information content (AvgIpc) is 2.74. The van der Waals surface area contributed by atoms with Crippen LogP contribution in [0.2, 0.25) is 0 Å². The molecule has 6 heteroatoms. The molecule has 0 aliphatic rings. The van der Waals surface area contributed by atoms with E-state index >= 15 is 0 Å². The van der Waals surface area contributed by atoms with Crippen LogP contribution in [0.5, 0.6) is 5.75 Å². The second-order valence-electron chi connectivity index (χ2n) is 3.32. The fourth-order valence-electron chi connectivity index (χ4n) is 1.22. The molecule has 1 heterocycles. The maximum absolute atomic E-state index is 9.35. The molecule has 0 atom stereocenters. The van der Waals surface area contributed by atoms with Gasteiger partial charge in [-0.3, -0.25) is 0 Å². The number of rotatable bonds is 5. The van der Waals surface area contributed by atoms with Crippen molar-refractivity contribution in [2.75, 3.05) is 13.7 Å². The fourth-order valence-corrected chi connectivity index (χ4v) is 2.91. The Morgan fingerprint density at radius 1 is 1.47 bits per heavy atom. The molecule has 0 bridgehead atoms. The molecule has 0 aliphatic heterocycles. The van der Waals surface area contributed by atoms with Crippen molar-refractivity contribution in [2.24, 2.45) is 0 Å². The molecule has 17 heavy (non-hydrogen) atoms. The van der Waals surface area contributed by atoms with Crippen LogP contribution in [0.1, 0.15) is 5.82 Å². The number of phenols is 1. The van der Waals surface area contributed by atoms with Gasteiger partial charge in [0, 0.05) is 18.4 Å². The molecule has 0 aliphatic carbocycles. The second kappa shape index (κ2) is 6.00. The van der Waals surface area contributed by atoms with E-state index in [9.17, 15) is 5.11 Å². The zero-order valence-corrected chi connectivity index (χ0v) is 10.9. The molecule has 2 rings (SSSR count). The Bertz CT molecular complexity index is 488. The van der Waals surface area contributed by atoms with Crippen LogP contribution in [0.15, 0.2) is 33.5 Å². The van der Waals surface area contributed by atoms with Gasteiger partial charge in [0.15, 0.2) is 4.34 Å². The number of aromatic nitrogens is 2. The van der Waals surface area contributed by atoms with E-state index in [0.29, 0.717) is 6.61 Å². The molecule has 0 radical (unpaired) electrons. The molecule has 0 fully saturated rings. The number of hydrogen-bond acceptors (Lipinski definition) is 6. The third-order valence-corrected chi connectivity index (χ3v) is 3.78. The third-order valence-electron chi connectivity index (χ3n) is 2.00. The van der Waals surface area contributed by atoms with Gasteiger partial charge in [0.25, 0.3) is 0 Å². The van der Waals surface area contributed by atoms with Crippen molar-refractivity contribution in [3.63, 3.8) is 0 Å². The van der Waals surface area contributed by atoms with E-state index in [4.69, 9.17) is 4.74 Å². The highest BCUT2D eigenvalue weighted by molar-refractivity contribution is 8.01. The number of benzene rings is 1. The summed E-state index contributed by atoms with van der Waals surface area (Å²) < 4.78 is 10.1. The lowest BCUT2D eigenvalue weighted by Gasteiger charge is -1.97. The van der Waals surface area contributed by atoms with Crippen LogP contribution < -0.4 is 0 Å². The van der Waals surface area contributed by atoms with E-state index in [1.165, 1.54) is 23.3 Å². The molecule has 90 valence electrons. The van der Waals surface area contributed by atoms with E-state index < -0.39 is 0 Å². The first-order valence-electron chi connectivity index (χ1n) is 5.06. The van der Waals surface area contributed by atoms with E-state index in [1.54, 1.807) is 19.2 Å². The van der Waals surface area contributed by atoms with Gasteiger partial charge in [0.05, 0.1) is 6.61 Å². The molecule has 0 saturated heterocycles. The molecule has 1 aromatic heterocycles. The Balaban J connectivity index is 2.01. The predicted molar refractivity (Wildman–Crippen MR) is 67.7 cm³/mol. The standard InChI is InChI=1S/C11H12N2O2S2/c1-15-6-5-10-12-11(17-13-10)16-9-4-2-3-8(14)7-9/h2-4,7,14H,5-6H2,1H3. The van der Waals surface area contributed by atoms with Gasteiger partial charge in [-0.1, -0.05) is 17.8 Å². The summed E-state index contributed by atoms with van der Waals surface area (Å²) in [4.78, 5) is 5.34. The highest BCUT2D eigenvalue weighted by Gasteiger charge is 2.06. The molecule has 0 amide bonds. The zero-order chi connectivity index (χ0) is 12.1. The number of aromatic hydroxyl groups is 1. The van der Waals surface area contributed by atoms with Crippen LogP contribution in [0.3, 0.4) is 0 Å². The highest BCUT2D eigenvalue weighted by atomic mass is 32.2. The van der Waals surface area contributed by atoms with Gasteiger partial charge >= 0.3 is 0 Å². The molecule has 0 spiro atoms. The molecule has 1 aromatic carbocycles. The maximum Gasteiger partial charge on any atom is 0.174 e. The summed E-state index contributed by atoms with van der Waals surface area (Å²) in [5, 5.41) is 9.35. The largest absolute Gasteiger partial charge is 0.508 e. The van der Waals surface area contributed by atoms with Crippen LogP contribution >= 0.6 is 23.3 Å². The minimum Gasteiger partial charge on any atom is -0.508 e. The van der Waals surface area contributed by atoms with Gasteiger partial charge in [-0.05, 0) is 29.7 Å². The zero-order valence-electron chi connectivity index (χ0n) is 9.29. The Kier molecular flexibility index (Phi) is 4.36. The number of methoxy groups -OCH3 is 1. The Morgan fingerprint density at radius 3 is 3.12 bits per heavy atom. The minimum absolute atomic E-state index is 0.263. The van der Waals surface area contributed by atoms with Crippen molar-refractivity contribution >= 4 is 23.3 Å². The van der Waals surface area contributed by atoms with Crippen LogP contribution in [-0.4, -0.2) is 28.2 Å². The van der Waals surface area contributed by atoms with Crippen molar-refractivity contribution in [3.05, 3.63) is 30.1 Å². The molecule has 2 aromatic rings. The third kappa shape index (κ3) is 3.69. The normalized spacial score (nSPS) is 10.6. The lowest BCUT2D eigenvalue weighted by Crippen LogP contribution is -1.95. The first-order valence-corrected chi connectivity index (χ1v) is 6.65. The van der Waals surface area contributed by atoms with Crippen LogP contribution in [0.25, 0.3) is 0 Å². The van der Waals surface area contributed by atoms with Crippen molar-refractivity contribution < 1.29 is 9.84 Å². The molecule has 0 unspecified atom stereocenters. The fraction of sp³-hybridized carbons (Fsp3) is 0.273. The Hall–Kier alpha value is -1.11. The van der Waals surface area contributed by atoms with Crippen LogP contribution in [-0.2, 0) is 11.2 Å². The highest BCUT2D eigenvalue weighted by Crippen LogP contribution is 2.30. The van der Waals surface area contributed by atoms with E-state index in [0.717, 1.165) is 21.5 Å². The minimum atomic E-state index is 0.263. The predicted octanol–water partition coefficient (Wildman–Crippen LogP) is 2.58. The van der Waals surface area contributed by atoms with Gasteiger partial charge < -0.3 is 9.84 Å². The second-order valence-corrected chi connectivity index (χ2v) is 5.39. The number of nitrogens with zero attached hydrogens (tertiary/aromatic N) is 2. The summed E-state index contributed by atoms with van der Waals surface area (Å²) in [5.74, 6) is 1.07. The van der Waals surface area contributed by atoms with Crippen LogP contribution in [0, 0.1) is 0 Å². The Morgan fingerprint density at radius 2 is 2.35 bits per heavy atom. The number of hydrogen-bond donors (Lipinski definition) is 1. The van der Waals surface area contributed by atoms with Gasteiger partial charge in [0.1, 0.15) is 11.6 Å². The van der Waals surface area contributed by atoms with Crippen molar-refractivity contribution in [1.82, 2.24) is 9.36 Å². The summed E-state index contributed by atoms with van der Waals surface area (Å²) in [6, 6.07) is 7.10. The van der Waals surface area contributed by atoms with Crippen molar-refractivity contribution in [2.45, 2.75) is 15.7 Å². The number of ether oxygens (including phenoxy) is 1. The van der Waals surface area contributed by atoms with Gasteiger partial charge in [-0.25, -0.2) is 4.98 Å². The van der Waals surface area contributed by atoms with Crippen LogP contribution in [0.4, 0.5) is 0 Å². The van der Waals surface area contributed by atoms with E-state index in [1.807, 2.05) is 12.1 Å². The summed E-state index contributed by atoms with van der Waals surface area (Å²) >= 11 is 2.87. The number of phenolic OH excluding ortho intramolecular Hbond substituents is 1. The monoisotopic (exact) mass is 268 g/mol. The van der Waals surface area contributed by atoms with Crippen molar-refractivity contribution in [1.29, 1.82) is 0 Å². The SMILES string of the molecule is COCCc1nsc(Sc2cccc(O)c2)n1. The van der Waals surface area contributed by atoms with Gasteiger partial charge in [-0.2, -0.15) is 4.37 Å². The van der Waals surface area contributed by atoms with E-state index in [-0.39, 0.29) is 5.75 Å². The maximum atomic E-state index is 9.35. The smallest absolute Gasteiger partial charge is 0.174 e. The average molecular weight is 268 g/mol. The molecular formula is C11H12N2O2S2. The molecular weight excluding hydrogens is 256 g/mol. The van der Waals surface area contributed by atoms with Crippen molar-refractivity contribution in [3.8, 4) is 5.75 Å². The lowest BCUT2D eigenvalue weighted by molar-refractivity contribution is 0.200. The first kappa shape index (κ1) is 12.3. The summed E-state index contributed by atoms with van der Waals surface area (Å²) in [6.07, 6.45) is 0.730. The van der Waals surface area contributed by atoms with Gasteiger partial charge in [0.2, 0.25) is 0 Å². The summed E-state index contributed by atoms with van der Waals surface area (Å²) in [7, 11) is 1.66. The lowest BCUT2D eigenvalue weighted by atomic mass is 10.3. The Labute approximate surface area is 108 Å². The quantitative estimate of drug-likeness (QED) is 0.903. The summed E-state index contributed by atoms with van der Waals surface area (Å²) in [6.45, 7) is 0.632. The summed E-state index contributed by atoms with van der Waals surface area (Å²) in [5.41, 5.74) is 0. The van der Waals surface area contributed by atoms with E-state index in [2.05, 4.69) is 9.36 Å².